The number of ether oxygens (including phenoxy) is 1. The van der Waals surface area contributed by atoms with E-state index in [1.165, 1.54) is 6.07 Å². The number of rotatable bonds is 10. The van der Waals surface area contributed by atoms with Gasteiger partial charge in [-0.2, -0.15) is 5.10 Å². The number of aliphatic hydroxyl groups is 2. The van der Waals surface area contributed by atoms with Crippen molar-refractivity contribution < 1.29 is 19.3 Å². The van der Waals surface area contributed by atoms with E-state index in [9.17, 15) is 19.4 Å². The van der Waals surface area contributed by atoms with Crippen molar-refractivity contribution >= 4 is 21.8 Å². The van der Waals surface area contributed by atoms with Gasteiger partial charge in [-0.3, -0.25) is 9.69 Å². The molecular formula is C26H31FN4O4. The van der Waals surface area contributed by atoms with E-state index >= 15 is 0 Å². The van der Waals surface area contributed by atoms with Crippen molar-refractivity contribution in [2.75, 3.05) is 19.7 Å². The Balaban J connectivity index is 1.75. The molecule has 8 nitrogen and oxygen atoms in total. The third kappa shape index (κ3) is 4.85. The van der Waals surface area contributed by atoms with Crippen molar-refractivity contribution in [3.8, 4) is 0 Å². The van der Waals surface area contributed by atoms with Crippen LogP contribution in [0.1, 0.15) is 31.3 Å². The number of benzene rings is 2. The lowest BCUT2D eigenvalue weighted by Gasteiger charge is -2.25. The topological polar surface area (TPSA) is 92.8 Å². The molecule has 0 radical (unpaired) electrons. The maximum absolute atomic E-state index is 15.0. The van der Waals surface area contributed by atoms with Crippen LogP contribution < -0.4 is 5.56 Å². The quantitative estimate of drug-likeness (QED) is 0.338. The Morgan fingerprint density at radius 3 is 2.46 bits per heavy atom. The summed E-state index contributed by atoms with van der Waals surface area (Å²) in [6.07, 6.45) is -2.16. The molecule has 186 valence electrons. The van der Waals surface area contributed by atoms with E-state index in [-0.39, 0.29) is 35.1 Å². The number of hydrogen-bond acceptors (Lipinski definition) is 6. The van der Waals surface area contributed by atoms with Crippen molar-refractivity contribution in [1.82, 2.24) is 19.2 Å². The zero-order valence-corrected chi connectivity index (χ0v) is 20.2. The summed E-state index contributed by atoms with van der Waals surface area (Å²) in [5, 5.41) is 26.8. The summed E-state index contributed by atoms with van der Waals surface area (Å²) < 4.78 is 23.3. The molecule has 35 heavy (non-hydrogen) atoms. The summed E-state index contributed by atoms with van der Waals surface area (Å²) in [7, 11) is 1.68. The molecular weight excluding hydrogens is 451 g/mol. The molecule has 0 saturated carbocycles. The monoisotopic (exact) mass is 482 g/mol. The lowest BCUT2D eigenvalue weighted by molar-refractivity contribution is 0.00288. The van der Waals surface area contributed by atoms with Gasteiger partial charge in [-0.25, -0.2) is 9.07 Å². The van der Waals surface area contributed by atoms with Gasteiger partial charge < -0.3 is 19.5 Å². The van der Waals surface area contributed by atoms with Gasteiger partial charge in [0.1, 0.15) is 17.0 Å². The fourth-order valence-corrected chi connectivity index (χ4v) is 4.48. The van der Waals surface area contributed by atoms with E-state index in [0.717, 1.165) is 10.2 Å². The predicted molar refractivity (Wildman–Crippen MR) is 132 cm³/mol. The molecule has 2 heterocycles. The van der Waals surface area contributed by atoms with Crippen LogP contribution in [0.2, 0.25) is 0 Å². The fourth-order valence-electron chi connectivity index (χ4n) is 4.48. The van der Waals surface area contributed by atoms with Gasteiger partial charge in [0.05, 0.1) is 31.4 Å². The molecule has 0 aliphatic heterocycles. The molecule has 0 aliphatic carbocycles. The number of hydrogen-bond donors (Lipinski definition) is 2. The van der Waals surface area contributed by atoms with Crippen LogP contribution >= 0.6 is 0 Å². The summed E-state index contributed by atoms with van der Waals surface area (Å²) in [5.74, 6) is -0.491. The van der Waals surface area contributed by atoms with Gasteiger partial charge in [0, 0.05) is 17.8 Å². The second-order valence-electron chi connectivity index (χ2n) is 8.54. The average Bonchev–Trinajstić information content (AvgIpc) is 3.16. The van der Waals surface area contributed by atoms with Crippen LogP contribution in [0.3, 0.4) is 0 Å². The molecule has 2 N–H and O–H groups in total. The molecule has 2 unspecified atom stereocenters. The Hall–Kier alpha value is -3.11. The first-order valence-electron chi connectivity index (χ1n) is 11.8. The van der Waals surface area contributed by atoms with Crippen molar-refractivity contribution in [3.63, 3.8) is 0 Å². The van der Waals surface area contributed by atoms with E-state index in [2.05, 4.69) is 5.10 Å². The zero-order chi connectivity index (χ0) is 25.1. The SMILES string of the molecule is CCN(CC)C(O)c1nn(CC(O)COCc2ccccc2)c(=O)c2c1c1c(F)cccc1n2C. The third-order valence-electron chi connectivity index (χ3n) is 6.31. The molecule has 0 bridgehead atoms. The number of aryl methyl sites for hydroxylation is 1. The molecule has 0 spiro atoms. The molecule has 9 heteroatoms. The second-order valence-corrected chi connectivity index (χ2v) is 8.54. The standard InChI is InChI=1S/C26H31FN4O4/c1-4-30(5-2)25(33)23-22-21-19(27)12-9-13-20(21)29(3)24(22)26(34)31(28-23)14-18(32)16-35-15-17-10-7-6-8-11-17/h6-13,18,25,32-33H,4-5,14-16H2,1-3H3. The Morgan fingerprint density at radius 1 is 1.06 bits per heavy atom. The van der Waals surface area contributed by atoms with Crippen LogP contribution in [0.5, 0.6) is 0 Å². The first-order valence-corrected chi connectivity index (χ1v) is 11.8. The summed E-state index contributed by atoms with van der Waals surface area (Å²) in [6.45, 7) is 5.05. The fraction of sp³-hybridized carbons (Fsp3) is 0.385. The maximum Gasteiger partial charge on any atom is 0.291 e. The Kier molecular flexibility index (Phi) is 7.61. The van der Waals surface area contributed by atoms with Crippen LogP contribution in [0.4, 0.5) is 4.39 Å². The van der Waals surface area contributed by atoms with Gasteiger partial charge in [-0.05, 0) is 30.8 Å². The smallest absolute Gasteiger partial charge is 0.291 e. The first kappa shape index (κ1) is 25.0. The lowest BCUT2D eigenvalue weighted by Crippen LogP contribution is -2.35. The molecule has 2 atom stereocenters. The maximum atomic E-state index is 15.0. The average molecular weight is 483 g/mol. The van der Waals surface area contributed by atoms with Gasteiger partial charge in [0.15, 0.2) is 6.23 Å². The summed E-state index contributed by atoms with van der Waals surface area (Å²) >= 11 is 0. The number of aromatic nitrogens is 3. The van der Waals surface area contributed by atoms with Crippen LogP contribution in [0.15, 0.2) is 53.3 Å². The van der Waals surface area contributed by atoms with Crippen LogP contribution in [-0.2, 0) is 24.9 Å². The minimum atomic E-state index is -1.16. The van der Waals surface area contributed by atoms with Gasteiger partial charge in [0.25, 0.3) is 5.56 Å². The van der Waals surface area contributed by atoms with Crippen molar-refractivity contribution in [2.45, 2.75) is 39.3 Å². The summed E-state index contributed by atoms with van der Waals surface area (Å²) in [6, 6.07) is 14.2. The molecule has 4 aromatic rings. The number of fused-ring (bicyclic) bond motifs is 3. The highest BCUT2D eigenvalue weighted by Crippen LogP contribution is 2.33. The highest BCUT2D eigenvalue weighted by atomic mass is 19.1. The Morgan fingerprint density at radius 2 is 1.77 bits per heavy atom. The highest BCUT2D eigenvalue weighted by molar-refractivity contribution is 6.09. The van der Waals surface area contributed by atoms with E-state index < -0.39 is 23.7 Å². The normalized spacial score (nSPS) is 13.7. The second kappa shape index (κ2) is 10.7. The van der Waals surface area contributed by atoms with Gasteiger partial charge in [-0.15, -0.1) is 0 Å². The molecule has 0 fully saturated rings. The van der Waals surface area contributed by atoms with Crippen LogP contribution in [0.25, 0.3) is 21.8 Å². The zero-order valence-electron chi connectivity index (χ0n) is 20.2. The first-order chi connectivity index (χ1) is 16.9. The molecule has 2 aromatic carbocycles. The van der Waals surface area contributed by atoms with Crippen molar-refractivity contribution in [3.05, 3.63) is 76.0 Å². The number of aliphatic hydroxyl groups excluding tert-OH is 2. The highest BCUT2D eigenvalue weighted by Gasteiger charge is 2.27. The minimum Gasteiger partial charge on any atom is -0.389 e. The third-order valence-corrected chi connectivity index (χ3v) is 6.31. The van der Waals surface area contributed by atoms with Crippen molar-refractivity contribution in [2.24, 2.45) is 7.05 Å². The van der Waals surface area contributed by atoms with E-state index in [1.54, 1.807) is 28.6 Å². The Bertz CT molecular complexity index is 1370. The molecule has 0 amide bonds. The Labute approximate surface area is 202 Å². The summed E-state index contributed by atoms with van der Waals surface area (Å²) in [5.41, 5.74) is 1.42. The van der Waals surface area contributed by atoms with E-state index in [4.69, 9.17) is 4.74 Å². The van der Waals surface area contributed by atoms with Crippen LogP contribution in [0, 0.1) is 5.82 Å². The van der Waals surface area contributed by atoms with Crippen molar-refractivity contribution in [1.29, 1.82) is 0 Å². The van der Waals surface area contributed by atoms with Gasteiger partial charge in [-0.1, -0.05) is 50.2 Å². The molecule has 4 rings (SSSR count). The predicted octanol–water partition coefficient (Wildman–Crippen LogP) is 2.94. The van der Waals surface area contributed by atoms with Crippen LogP contribution in [-0.4, -0.2) is 55.3 Å². The van der Waals surface area contributed by atoms with E-state index in [1.807, 2.05) is 44.2 Å². The number of halogens is 1. The lowest BCUT2D eigenvalue weighted by atomic mass is 10.1. The molecule has 0 aliphatic rings. The van der Waals surface area contributed by atoms with Gasteiger partial charge in [0.2, 0.25) is 0 Å². The number of nitrogens with zero attached hydrogens (tertiary/aromatic N) is 4. The molecule has 2 aromatic heterocycles. The van der Waals surface area contributed by atoms with Gasteiger partial charge >= 0.3 is 0 Å². The van der Waals surface area contributed by atoms with E-state index in [0.29, 0.717) is 25.2 Å². The summed E-state index contributed by atoms with van der Waals surface area (Å²) in [4.78, 5) is 15.2. The minimum absolute atomic E-state index is 0.00127. The molecule has 0 saturated heterocycles. The largest absolute Gasteiger partial charge is 0.389 e.